The Morgan fingerprint density at radius 2 is 1.81 bits per heavy atom. The molecule has 0 spiro atoms. The summed E-state index contributed by atoms with van der Waals surface area (Å²) in [4.78, 5) is 13.1. The zero-order valence-electron chi connectivity index (χ0n) is 15.1. The molecule has 0 atom stereocenters. The number of halogens is 3. The van der Waals surface area contributed by atoms with E-state index in [2.05, 4.69) is 5.32 Å². The number of aryl methyl sites for hydroxylation is 1. The fourth-order valence-corrected chi connectivity index (χ4v) is 3.53. The predicted molar refractivity (Wildman–Crippen MR) is 96.2 cm³/mol. The molecular formula is C21H22F3NO2. The first-order chi connectivity index (χ1) is 12.8. The lowest BCUT2D eigenvalue weighted by molar-refractivity contribution is -0.138. The van der Waals surface area contributed by atoms with E-state index < -0.39 is 17.2 Å². The van der Waals surface area contributed by atoms with Gasteiger partial charge in [0.25, 0.3) is 0 Å². The molecule has 0 saturated carbocycles. The number of rotatable bonds is 4. The summed E-state index contributed by atoms with van der Waals surface area (Å²) in [5.41, 5.74) is 0.679. The molecule has 2 aromatic rings. The molecule has 3 nitrogen and oxygen atoms in total. The Morgan fingerprint density at radius 3 is 2.48 bits per heavy atom. The first-order valence-corrected chi connectivity index (χ1v) is 8.91. The van der Waals surface area contributed by atoms with E-state index in [0.29, 0.717) is 38.2 Å². The van der Waals surface area contributed by atoms with E-state index in [1.807, 2.05) is 31.2 Å². The van der Waals surface area contributed by atoms with Gasteiger partial charge in [-0.3, -0.25) is 4.79 Å². The Morgan fingerprint density at radius 1 is 1.11 bits per heavy atom. The second-order valence-electron chi connectivity index (χ2n) is 6.94. The van der Waals surface area contributed by atoms with Gasteiger partial charge in [-0.15, -0.1) is 0 Å². The Bertz CT molecular complexity index is 811. The average Bonchev–Trinajstić information content (AvgIpc) is 2.66. The summed E-state index contributed by atoms with van der Waals surface area (Å²) < 4.78 is 44.8. The maximum absolute atomic E-state index is 13.1. The number of benzene rings is 2. The number of alkyl halides is 3. The SMILES string of the molecule is Cc1cccc(CNC(=O)C2(c3cccc(C(F)(F)F)c3)CCOCC2)c1. The first kappa shape index (κ1) is 19.4. The van der Waals surface area contributed by atoms with Crippen molar-refractivity contribution < 1.29 is 22.7 Å². The van der Waals surface area contributed by atoms with Crippen LogP contribution in [0.25, 0.3) is 0 Å². The highest BCUT2D eigenvalue weighted by molar-refractivity contribution is 5.88. The van der Waals surface area contributed by atoms with E-state index >= 15 is 0 Å². The van der Waals surface area contributed by atoms with E-state index in [9.17, 15) is 18.0 Å². The van der Waals surface area contributed by atoms with E-state index in [4.69, 9.17) is 4.74 Å². The summed E-state index contributed by atoms with van der Waals surface area (Å²) in [6, 6.07) is 12.9. The van der Waals surface area contributed by atoms with E-state index in [1.165, 1.54) is 6.07 Å². The lowest BCUT2D eigenvalue weighted by atomic mass is 9.73. The number of ether oxygens (including phenoxy) is 1. The minimum Gasteiger partial charge on any atom is -0.381 e. The Hall–Kier alpha value is -2.34. The van der Waals surface area contributed by atoms with Gasteiger partial charge in [-0.1, -0.05) is 48.0 Å². The zero-order valence-corrected chi connectivity index (χ0v) is 15.1. The van der Waals surface area contributed by atoms with Gasteiger partial charge in [0.15, 0.2) is 0 Å². The van der Waals surface area contributed by atoms with Crippen molar-refractivity contribution in [3.05, 3.63) is 70.8 Å². The van der Waals surface area contributed by atoms with Crippen LogP contribution in [0.4, 0.5) is 13.2 Å². The van der Waals surface area contributed by atoms with Crippen LogP contribution < -0.4 is 5.32 Å². The van der Waals surface area contributed by atoms with E-state index in [-0.39, 0.29) is 5.91 Å². The van der Waals surface area contributed by atoms with E-state index in [0.717, 1.165) is 23.3 Å². The predicted octanol–water partition coefficient (Wildman–Crippen LogP) is 4.38. The highest BCUT2D eigenvalue weighted by Gasteiger charge is 2.43. The molecule has 0 bridgehead atoms. The molecule has 1 aliphatic heterocycles. The van der Waals surface area contributed by atoms with Gasteiger partial charge < -0.3 is 10.1 Å². The molecule has 2 aromatic carbocycles. The van der Waals surface area contributed by atoms with Gasteiger partial charge in [0, 0.05) is 19.8 Å². The summed E-state index contributed by atoms with van der Waals surface area (Å²) in [7, 11) is 0. The number of nitrogens with one attached hydrogen (secondary N) is 1. The van der Waals surface area contributed by atoms with E-state index in [1.54, 1.807) is 6.07 Å². The molecule has 1 heterocycles. The molecule has 27 heavy (non-hydrogen) atoms. The Kier molecular flexibility index (Phi) is 5.56. The first-order valence-electron chi connectivity index (χ1n) is 8.91. The highest BCUT2D eigenvalue weighted by atomic mass is 19.4. The second kappa shape index (κ2) is 7.72. The lowest BCUT2D eigenvalue weighted by Gasteiger charge is -2.36. The van der Waals surface area contributed by atoms with Gasteiger partial charge in [0.1, 0.15) is 0 Å². The van der Waals surface area contributed by atoms with Crippen LogP contribution in [0.2, 0.25) is 0 Å². The summed E-state index contributed by atoms with van der Waals surface area (Å²) in [5.74, 6) is -0.258. The number of carbonyl (C=O) groups excluding carboxylic acids is 1. The molecular weight excluding hydrogens is 355 g/mol. The molecule has 0 aromatic heterocycles. The third kappa shape index (κ3) is 4.33. The van der Waals surface area contributed by atoms with Crippen LogP contribution in [-0.4, -0.2) is 19.1 Å². The molecule has 1 N–H and O–H groups in total. The second-order valence-corrected chi connectivity index (χ2v) is 6.94. The molecule has 0 radical (unpaired) electrons. The molecule has 1 saturated heterocycles. The number of hydrogen-bond donors (Lipinski definition) is 1. The normalized spacial score (nSPS) is 16.7. The van der Waals surface area contributed by atoms with Gasteiger partial charge in [0.2, 0.25) is 5.91 Å². The van der Waals surface area contributed by atoms with Crippen LogP contribution in [-0.2, 0) is 27.7 Å². The average molecular weight is 377 g/mol. The maximum atomic E-state index is 13.1. The van der Waals surface area contributed by atoms with Crippen molar-refractivity contribution in [3.8, 4) is 0 Å². The quantitative estimate of drug-likeness (QED) is 0.859. The van der Waals surface area contributed by atoms with Crippen molar-refractivity contribution in [1.29, 1.82) is 0 Å². The minimum absolute atomic E-state index is 0.258. The highest BCUT2D eigenvalue weighted by Crippen LogP contribution is 2.38. The van der Waals surface area contributed by atoms with Gasteiger partial charge in [-0.2, -0.15) is 13.2 Å². The molecule has 1 amide bonds. The van der Waals surface area contributed by atoms with Gasteiger partial charge >= 0.3 is 6.18 Å². The summed E-state index contributed by atoms with van der Waals surface area (Å²) in [6.07, 6.45) is -3.73. The smallest absolute Gasteiger partial charge is 0.381 e. The fraction of sp³-hybridized carbons (Fsp3) is 0.381. The van der Waals surface area contributed by atoms with Crippen molar-refractivity contribution in [2.45, 2.75) is 37.9 Å². The monoisotopic (exact) mass is 377 g/mol. The number of carbonyl (C=O) groups is 1. The lowest BCUT2D eigenvalue weighted by Crippen LogP contribution is -2.47. The molecule has 1 aliphatic rings. The molecule has 1 fully saturated rings. The zero-order chi connectivity index (χ0) is 19.5. The summed E-state index contributed by atoms with van der Waals surface area (Å²) in [6.45, 7) is 2.98. The molecule has 0 unspecified atom stereocenters. The molecule has 0 aliphatic carbocycles. The Balaban J connectivity index is 1.87. The fourth-order valence-electron chi connectivity index (χ4n) is 3.53. The van der Waals surface area contributed by atoms with Crippen LogP contribution in [0.15, 0.2) is 48.5 Å². The molecule has 3 rings (SSSR count). The topological polar surface area (TPSA) is 38.3 Å². The van der Waals surface area contributed by atoms with Crippen LogP contribution >= 0.6 is 0 Å². The minimum atomic E-state index is -4.44. The van der Waals surface area contributed by atoms with Gasteiger partial charge in [-0.05, 0) is 37.0 Å². The van der Waals surface area contributed by atoms with Crippen LogP contribution in [0.3, 0.4) is 0 Å². The summed E-state index contributed by atoms with van der Waals surface area (Å²) >= 11 is 0. The Labute approximate surface area is 156 Å². The van der Waals surface area contributed by atoms with Gasteiger partial charge in [-0.25, -0.2) is 0 Å². The standard InChI is InChI=1S/C21H22F3NO2/c1-15-4-2-5-16(12-15)14-25-19(26)20(8-10-27-11-9-20)17-6-3-7-18(13-17)21(22,23)24/h2-7,12-13H,8-11,14H2,1H3,(H,25,26). The van der Waals surface area contributed by atoms with Crippen molar-refractivity contribution in [2.75, 3.05) is 13.2 Å². The van der Waals surface area contributed by atoms with Crippen molar-refractivity contribution in [1.82, 2.24) is 5.32 Å². The van der Waals surface area contributed by atoms with Crippen LogP contribution in [0.5, 0.6) is 0 Å². The van der Waals surface area contributed by atoms with Crippen molar-refractivity contribution >= 4 is 5.91 Å². The van der Waals surface area contributed by atoms with Crippen molar-refractivity contribution in [2.24, 2.45) is 0 Å². The van der Waals surface area contributed by atoms with Crippen LogP contribution in [0.1, 0.15) is 35.1 Å². The van der Waals surface area contributed by atoms with Crippen LogP contribution in [0, 0.1) is 6.92 Å². The van der Waals surface area contributed by atoms with Gasteiger partial charge in [0.05, 0.1) is 11.0 Å². The van der Waals surface area contributed by atoms with Crippen molar-refractivity contribution in [3.63, 3.8) is 0 Å². The third-order valence-corrected chi connectivity index (χ3v) is 5.06. The maximum Gasteiger partial charge on any atom is 0.416 e. The number of amides is 1. The largest absolute Gasteiger partial charge is 0.416 e. The summed E-state index contributed by atoms with van der Waals surface area (Å²) in [5, 5.41) is 2.92. The molecule has 6 heteroatoms. The number of hydrogen-bond acceptors (Lipinski definition) is 2. The molecule has 144 valence electrons. The third-order valence-electron chi connectivity index (χ3n) is 5.06.